The highest BCUT2D eigenvalue weighted by Gasteiger charge is 2.15. The number of piperazine rings is 1. The van der Waals surface area contributed by atoms with E-state index in [4.69, 9.17) is 0 Å². The molecule has 0 radical (unpaired) electrons. The standard InChI is InChI=1S/C13H23N3S/c1-11-3-8-17-13(11)10-15-9-12(2)16-6-4-14-5-7-16/h3,8,12,14-15H,4-7,9-10H2,1-2H3. The maximum Gasteiger partial charge on any atom is 0.0303 e. The van der Waals surface area contributed by atoms with E-state index in [-0.39, 0.29) is 0 Å². The lowest BCUT2D eigenvalue weighted by Gasteiger charge is -2.32. The van der Waals surface area contributed by atoms with Crippen molar-refractivity contribution in [3.05, 3.63) is 21.9 Å². The number of aryl methyl sites for hydroxylation is 1. The van der Waals surface area contributed by atoms with E-state index in [1.807, 2.05) is 11.3 Å². The summed E-state index contributed by atoms with van der Waals surface area (Å²) in [6.07, 6.45) is 0. The molecule has 1 saturated heterocycles. The SMILES string of the molecule is Cc1ccsc1CNCC(C)N1CCNCC1. The minimum absolute atomic E-state index is 0.636. The molecule has 17 heavy (non-hydrogen) atoms. The van der Waals surface area contributed by atoms with Gasteiger partial charge in [0, 0.05) is 50.2 Å². The highest BCUT2D eigenvalue weighted by atomic mass is 32.1. The topological polar surface area (TPSA) is 27.3 Å². The van der Waals surface area contributed by atoms with Crippen LogP contribution in [0, 0.1) is 6.92 Å². The summed E-state index contributed by atoms with van der Waals surface area (Å²) in [7, 11) is 0. The molecular formula is C13H23N3S. The van der Waals surface area contributed by atoms with Crippen molar-refractivity contribution in [1.29, 1.82) is 0 Å². The van der Waals surface area contributed by atoms with Gasteiger partial charge < -0.3 is 10.6 Å². The van der Waals surface area contributed by atoms with Gasteiger partial charge >= 0.3 is 0 Å². The second-order valence-electron chi connectivity index (χ2n) is 4.79. The fraction of sp³-hybridized carbons (Fsp3) is 0.692. The lowest BCUT2D eigenvalue weighted by molar-refractivity contribution is 0.181. The summed E-state index contributed by atoms with van der Waals surface area (Å²) in [6.45, 7) is 11.2. The van der Waals surface area contributed by atoms with Gasteiger partial charge in [-0.1, -0.05) is 0 Å². The maximum absolute atomic E-state index is 3.57. The van der Waals surface area contributed by atoms with Crippen LogP contribution in [0.5, 0.6) is 0 Å². The minimum atomic E-state index is 0.636. The predicted molar refractivity (Wildman–Crippen MR) is 74.7 cm³/mol. The molecule has 0 spiro atoms. The van der Waals surface area contributed by atoms with Crippen molar-refractivity contribution in [2.45, 2.75) is 26.4 Å². The first-order valence-electron chi connectivity index (χ1n) is 6.46. The first kappa shape index (κ1) is 13.0. The first-order chi connectivity index (χ1) is 8.27. The largest absolute Gasteiger partial charge is 0.314 e. The number of nitrogens with one attached hydrogen (secondary N) is 2. The lowest BCUT2D eigenvalue weighted by atomic mass is 10.2. The molecule has 0 aromatic carbocycles. The Labute approximate surface area is 108 Å². The Kier molecular flexibility index (Phi) is 4.98. The average molecular weight is 253 g/mol. The summed E-state index contributed by atoms with van der Waals surface area (Å²) >= 11 is 1.85. The van der Waals surface area contributed by atoms with E-state index < -0.39 is 0 Å². The summed E-state index contributed by atoms with van der Waals surface area (Å²) in [5, 5.41) is 9.14. The van der Waals surface area contributed by atoms with Crippen molar-refractivity contribution < 1.29 is 0 Å². The van der Waals surface area contributed by atoms with Gasteiger partial charge in [0.1, 0.15) is 0 Å². The zero-order valence-electron chi connectivity index (χ0n) is 10.8. The van der Waals surface area contributed by atoms with Gasteiger partial charge in [-0.25, -0.2) is 0 Å². The number of hydrogen-bond acceptors (Lipinski definition) is 4. The Hall–Kier alpha value is -0.420. The lowest BCUT2D eigenvalue weighted by Crippen LogP contribution is -2.50. The predicted octanol–water partition coefficient (Wildman–Crippen LogP) is 1.44. The van der Waals surface area contributed by atoms with Crippen molar-refractivity contribution in [3.8, 4) is 0 Å². The van der Waals surface area contributed by atoms with Crippen LogP contribution >= 0.6 is 11.3 Å². The number of nitrogens with zero attached hydrogens (tertiary/aromatic N) is 1. The van der Waals surface area contributed by atoms with Crippen LogP contribution < -0.4 is 10.6 Å². The van der Waals surface area contributed by atoms with Gasteiger partial charge in [0.25, 0.3) is 0 Å². The molecule has 0 saturated carbocycles. The van der Waals surface area contributed by atoms with E-state index in [0.717, 1.165) is 26.2 Å². The molecule has 0 amide bonds. The van der Waals surface area contributed by atoms with Crippen LogP contribution in [0.15, 0.2) is 11.4 Å². The summed E-state index contributed by atoms with van der Waals surface area (Å²) in [4.78, 5) is 4.03. The van der Waals surface area contributed by atoms with Crippen molar-refractivity contribution in [1.82, 2.24) is 15.5 Å². The van der Waals surface area contributed by atoms with Gasteiger partial charge in [0.2, 0.25) is 0 Å². The molecule has 1 fully saturated rings. The van der Waals surface area contributed by atoms with Crippen molar-refractivity contribution in [3.63, 3.8) is 0 Å². The van der Waals surface area contributed by atoms with Crippen LogP contribution in [0.3, 0.4) is 0 Å². The molecule has 1 aliphatic rings. The molecule has 2 heterocycles. The summed E-state index contributed by atoms with van der Waals surface area (Å²) in [5.74, 6) is 0. The minimum Gasteiger partial charge on any atom is -0.314 e. The molecule has 3 nitrogen and oxygen atoms in total. The van der Waals surface area contributed by atoms with Gasteiger partial charge in [-0.2, -0.15) is 0 Å². The Morgan fingerprint density at radius 1 is 1.47 bits per heavy atom. The van der Waals surface area contributed by atoms with Gasteiger partial charge in [0.05, 0.1) is 0 Å². The molecule has 0 bridgehead atoms. The molecule has 96 valence electrons. The fourth-order valence-electron chi connectivity index (χ4n) is 2.23. The van der Waals surface area contributed by atoms with Crippen molar-refractivity contribution in [2.24, 2.45) is 0 Å². The van der Waals surface area contributed by atoms with E-state index in [1.54, 1.807) is 0 Å². The molecule has 0 aliphatic carbocycles. The Balaban J connectivity index is 1.69. The second-order valence-corrected chi connectivity index (χ2v) is 5.79. The van der Waals surface area contributed by atoms with Gasteiger partial charge in [-0.15, -0.1) is 11.3 Å². The number of rotatable bonds is 5. The molecule has 1 aliphatic heterocycles. The fourth-order valence-corrected chi connectivity index (χ4v) is 3.11. The van der Waals surface area contributed by atoms with Crippen LogP contribution in [-0.4, -0.2) is 43.7 Å². The van der Waals surface area contributed by atoms with Crippen LogP contribution in [-0.2, 0) is 6.54 Å². The quantitative estimate of drug-likeness (QED) is 0.831. The number of hydrogen-bond donors (Lipinski definition) is 2. The van der Waals surface area contributed by atoms with Gasteiger partial charge in [-0.05, 0) is 30.9 Å². The summed E-state index contributed by atoms with van der Waals surface area (Å²) in [6, 6.07) is 2.83. The Morgan fingerprint density at radius 2 is 2.24 bits per heavy atom. The average Bonchev–Trinajstić information content (AvgIpc) is 2.76. The molecule has 2 N–H and O–H groups in total. The highest BCUT2D eigenvalue weighted by molar-refractivity contribution is 7.10. The van der Waals surface area contributed by atoms with E-state index in [9.17, 15) is 0 Å². The second kappa shape index (κ2) is 6.50. The molecule has 2 rings (SSSR count). The van der Waals surface area contributed by atoms with Crippen LogP contribution in [0.25, 0.3) is 0 Å². The normalized spacial score (nSPS) is 19.4. The van der Waals surface area contributed by atoms with Gasteiger partial charge in [-0.3, -0.25) is 4.90 Å². The number of thiophene rings is 1. The van der Waals surface area contributed by atoms with Crippen molar-refractivity contribution >= 4 is 11.3 Å². The van der Waals surface area contributed by atoms with Crippen LogP contribution in [0.4, 0.5) is 0 Å². The highest BCUT2D eigenvalue weighted by Crippen LogP contribution is 2.14. The van der Waals surface area contributed by atoms with Crippen LogP contribution in [0.1, 0.15) is 17.4 Å². The molecule has 1 aromatic heterocycles. The molecule has 4 heteroatoms. The van der Waals surface area contributed by atoms with Crippen molar-refractivity contribution in [2.75, 3.05) is 32.7 Å². The molecule has 1 atom stereocenters. The van der Waals surface area contributed by atoms with E-state index >= 15 is 0 Å². The van der Waals surface area contributed by atoms with E-state index in [2.05, 4.69) is 40.8 Å². The van der Waals surface area contributed by atoms with E-state index in [1.165, 1.54) is 23.5 Å². The van der Waals surface area contributed by atoms with Crippen LogP contribution in [0.2, 0.25) is 0 Å². The third kappa shape index (κ3) is 3.78. The Morgan fingerprint density at radius 3 is 2.88 bits per heavy atom. The van der Waals surface area contributed by atoms with Gasteiger partial charge in [0.15, 0.2) is 0 Å². The monoisotopic (exact) mass is 253 g/mol. The summed E-state index contributed by atoms with van der Waals surface area (Å²) < 4.78 is 0. The molecular weight excluding hydrogens is 230 g/mol. The maximum atomic E-state index is 3.57. The molecule has 1 aromatic rings. The smallest absolute Gasteiger partial charge is 0.0303 e. The zero-order valence-corrected chi connectivity index (χ0v) is 11.6. The third-order valence-electron chi connectivity index (χ3n) is 3.47. The first-order valence-corrected chi connectivity index (χ1v) is 7.34. The zero-order chi connectivity index (χ0) is 12.1. The van der Waals surface area contributed by atoms with E-state index in [0.29, 0.717) is 6.04 Å². The summed E-state index contributed by atoms with van der Waals surface area (Å²) in [5.41, 5.74) is 1.41. The Bertz CT molecular complexity index is 331. The third-order valence-corrected chi connectivity index (χ3v) is 4.49. The molecule has 1 unspecified atom stereocenters.